The molecule has 0 spiro atoms. The fraction of sp³-hybridized carbons (Fsp3) is 0.692. The number of hydrogen-bond donors (Lipinski definition) is 2. The van der Waals surface area contributed by atoms with E-state index in [1.165, 1.54) is 12.8 Å². The highest BCUT2D eigenvalue weighted by Gasteiger charge is 2.25. The molecule has 0 aliphatic heterocycles. The fourth-order valence-corrected chi connectivity index (χ4v) is 4.26. The van der Waals surface area contributed by atoms with E-state index in [0.29, 0.717) is 6.42 Å². The smallest absolute Gasteiger partial charge is 0.336 e. The molecule has 0 aliphatic rings. The number of carboxylic acids is 2. The average molecular weight is 419 g/mol. The second-order valence-corrected chi connectivity index (χ2v) is 8.46. The minimum absolute atomic E-state index is 0.0294. The summed E-state index contributed by atoms with van der Waals surface area (Å²) >= 11 is 0. The minimum atomic E-state index is -1.13. The summed E-state index contributed by atoms with van der Waals surface area (Å²) in [6.07, 6.45) is 15.5. The zero-order valence-corrected chi connectivity index (χ0v) is 19.4. The van der Waals surface area contributed by atoms with Crippen LogP contribution >= 0.6 is 0 Å². The van der Waals surface area contributed by atoms with Crippen LogP contribution in [-0.4, -0.2) is 22.2 Å². The lowest BCUT2D eigenvalue weighted by Gasteiger charge is -2.20. The molecule has 0 atom stereocenters. The molecule has 0 aliphatic carbocycles. The van der Waals surface area contributed by atoms with Crippen molar-refractivity contribution in [3.63, 3.8) is 0 Å². The molecule has 0 heterocycles. The first-order chi connectivity index (χ1) is 14.5. The average Bonchev–Trinajstić information content (AvgIpc) is 2.71. The van der Waals surface area contributed by atoms with Crippen molar-refractivity contribution in [2.24, 2.45) is 0 Å². The summed E-state index contributed by atoms with van der Waals surface area (Å²) in [5, 5.41) is 19.7. The Kier molecular flexibility index (Phi) is 13.1. The van der Waals surface area contributed by atoms with E-state index in [2.05, 4.69) is 20.8 Å². The van der Waals surface area contributed by atoms with Crippen LogP contribution in [-0.2, 0) is 19.3 Å². The molecule has 30 heavy (non-hydrogen) atoms. The van der Waals surface area contributed by atoms with Crippen molar-refractivity contribution < 1.29 is 19.8 Å². The Labute approximate surface area is 183 Å². The van der Waals surface area contributed by atoms with E-state index in [1.807, 2.05) is 0 Å². The monoisotopic (exact) mass is 418 g/mol. The number of carbonyl (C=O) groups is 2. The van der Waals surface area contributed by atoms with Crippen LogP contribution < -0.4 is 0 Å². The second kappa shape index (κ2) is 15.0. The summed E-state index contributed by atoms with van der Waals surface area (Å²) in [6, 6.07) is 1.67. The molecule has 0 radical (unpaired) electrons. The van der Waals surface area contributed by atoms with Gasteiger partial charge in [-0.1, -0.05) is 78.6 Å². The van der Waals surface area contributed by atoms with Gasteiger partial charge in [-0.3, -0.25) is 0 Å². The van der Waals surface area contributed by atoms with Crippen molar-refractivity contribution in [3.8, 4) is 0 Å². The van der Waals surface area contributed by atoms with E-state index < -0.39 is 11.9 Å². The molecule has 0 bridgehead atoms. The van der Waals surface area contributed by atoms with E-state index in [1.54, 1.807) is 6.07 Å². The van der Waals surface area contributed by atoms with Gasteiger partial charge in [-0.2, -0.15) is 0 Å². The predicted molar refractivity (Wildman–Crippen MR) is 124 cm³/mol. The van der Waals surface area contributed by atoms with Gasteiger partial charge < -0.3 is 10.2 Å². The number of benzene rings is 1. The largest absolute Gasteiger partial charge is 0.478 e. The summed E-state index contributed by atoms with van der Waals surface area (Å²) in [5.74, 6) is -2.24. The van der Waals surface area contributed by atoms with Crippen molar-refractivity contribution in [1.29, 1.82) is 0 Å². The molecule has 4 heteroatoms. The number of rotatable bonds is 17. The number of hydrogen-bond acceptors (Lipinski definition) is 2. The van der Waals surface area contributed by atoms with Gasteiger partial charge in [0.05, 0.1) is 11.1 Å². The van der Waals surface area contributed by atoms with E-state index in [-0.39, 0.29) is 11.1 Å². The Bertz CT molecular complexity index is 663. The third kappa shape index (κ3) is 8.49. The predicted octanol–water partition coefficient (Wildman–Crippen LogP) is 7.45. The second-order valence-electron chi connectivity index (χ2n) is 8.46. The Balaban J connectivity index is 3.36. The summed E-state index contributed by atoms with van der Waals surface area (Å²) in [6.45, 7) is 6.52. The molecule has 0 saturated heterocycles. The van der Waals surface area contributed by atoms with E-state index in [4.69, 9.17) is 0 Å². The Morgan fingerprint density at radius 1 is 0.633 bits per heavy atom. The molecule has 2 N–H and O–H groups in total. The highest BCUT2D eigenvalue weighted by atomic mass is 16.4. The molecular weight excluding hydrogens is 376 g/mol. The number of unbranched alkanes of at least 4 members (excludes halogenated alkanes) is 9. The Hall–Kier alpha value is -1.84. The van der Waals surface area contributed by atoms with Crippen molar-refractivity contribution in [2.75, 3.05) is 0 Å². The van der Waals surface area contributed by atoms with E-state index in [0.717, 1.165) is 93.7 Å². The lowest BCUT2D eigenvalue weighted by molar-refractivity contribution is 0.0650. The summed E-state index contributed by atoms with van der Waals surface area (Å²) in [4.78, 5) is 24.0. The molecule has 1 rings (SSSR count). The first kappa shape index (κ1) is 26.2. The van der Waals surface area contributed by atoms with Gasteiger partial charge in [0, 0.05) is 0 Å². The van der Waals surface area contributed by atoms with Crippen LogP contribution in [0.2, 0.25) is 0 Å². The number of aromatic carboxylic acids is 2. The zero-order valence-electron chi connectivity index (χ0n) is 19.4. The lowest BCUT2D eigenvalue weighted by Crippen LogP contribution is -2.16. The van der Waals surface area contributed by atoms with E-state index >= 15 is 0 Å². The molecule has 0 fully saturated rings. The maximum atomic E-state index is 12.1. The molecular formula is C26H42O4. The maximum Gasteiger partial charge on any atom is 0.336 e. The molecule has 0 amide bonds. The lowest BCUT2D eigenvalue weighted by atomic mass is 9.84. The van der Waals surface area contributed by atoms with Gasteiger partial charge in [0.2, 0.25) is 0 Å². The van der Waals surface area contributed by atoms with Gasteiger partial charge in [0.15, 0.2) is 0 Å². The maximum absolute atomic E-state index is 12.1. The van der Waals surface area contributed by atoms with Crippen LogP contribution in [0.5, 0.6) is 0 Å². The number of carboxylic acid groups (broad SMARTS) is 2. The van der Waals surface area contributed by atoms with Gasteiger partial charge in [0.1, 0.15) is 0 Å². The number of aryl methyl sites for hydroxylation is 1. The van der Waals surface area contributed by atoms with Gasteiger partial charge in [-0.15, -0.1) is 0 Å². The molecule has 0 unspecified atom stereocenters. The van der Waals surface area contributed by atoms with Gasteiger partial charge in [0.25, 0.3) is 0 Å². The topological polar surface area (TPSA) is 74.6 Å². The van der Waals surface area contributed by atoms with Crippen LogP contribution in [0, 0.1) is 0 Å². The third-order valence-electron chi connectivity index (χ3n) is 5.95. The zero-order chi connectivity index (χ0) is 22.4. The Morgan fingerprint density at radius 3 is 1.53 bits per heavy atom. The third-order valence-corrected chi connectivity index (χ3v) is 5.95. The van der Waals surface area contributed by atoms with Crippen LogP contribution in [0.1, 0.15) is 135 Å². The molecule has 0 saturated carbocycles. The minimum Gasteiger partial charge on any atom is -0.478 e. The van der Waals surface area contributed by atoms with Crippen LogP contribution in [0.25, 0.3) is 0 Å². The summed E-state index contributed by atoms with van der Waals surface area (Å²) < 4.78 is 0. The van der Waals surface area contributed by atoms with Crippen molar-refractivity contribution in [2.45, 2.75) is 117 Å². The normalized spacial score (nSPS) is 11.0. The molecule has 0 aromatic heterocycles. The van der Waals surface area contributed by atoms with Crippen molar-refractivity contribution in [3.05, 3.63) is 33.9 Å². The molecule has 1 aromatic rings. The highest BCUT2D eigenvalue weighted by Crippen LogP contribution is 2.29. The summed E-state index contributed by atoms with van der Waals surface area (Å²) in [5.41, 5.74) is 2.98. The SMILES string of the molecule is CCCCCCc1cc(C(=O)O)c(C(=O)O)c(CCCCCC)c1CCCCCC. The van der Waals surface area contributed by atoms with Gasteiger partial charge in [-0.05, 0) is 61.3 Å². The van der Waals surface area contributed by atoms with Crippen LogP contribution in [0.3, 0.4) is 0 Å². The van der Waals surface area contributed by atoms with Crippen molar-refractivity contribution >= 4 is 11.9 Å². The standard InChI is InChI=1S/C26H42O4/c1-4-7-10-13-16-20-19-23(25(27)28)24(26(29)30)22(18-15-12-9-6-3)21(20)17-14-11-8-5-2/h19H,4-18H2,1-3H3,(H,27,28)(H,29,30). The molecule has 1 aromatic carbocycles. The highest BCUT2D eigenvalue weighted by molar-refractivity contribution is 6.03. The molecule has 170 valence electrons. The molecule has 4 nitrogen and oxygen atoms in total. The fourth-order valence-electron chi connectivity index (χ4n) is 4.26. The van der Waals surface area contributed by atoms with Crippen LogP contribution in [0.15, 0.2) is 6.07 Å². The quantitative estimate of drug-likeness (QED) is 0.258. The van der Waals surface area contributed by atoms with Crippen LogP contribution in [0.4, 0.5) is 0 Å². The Morgan fingerprint density at radius 2 is 1.10 bits per heavy atom. The van der Waals surface area contributed by atoms with E-state index in [9.17, 15) is 19.8 Å². The van der Waals surface area contributed by atoms with Gasteiger partial charge in [-0.25, -0.2) is 9.59 Å². The van der Waals surface area contributed by atoms with Crippen molar-refractivity contribution in [1.82, 2.24) is 0 Å². The first-order valence-corrected chi connectivity index (χ1v) is 12.1. The van der Waals surface area contributed by atoms with Gasteiger partial charge >= 0.3 is 11.9 Å². The first-order valence-electron chi connectivity index (χ1n) is 12.1. The summed E-state index contributed by atoms with van der Waals surface area (Å²) in [7, 11) is 0.